The molecule has 2 aromatic rings. The van der Waals surface area contributed by atoms with Gasteiger partial charge in [-0.3, -0.25) is 4.79 Å². The fourth-order valence-corrected chi connectivity index (χ4v) is 2.82. The smallest absolute Gasteiger partial charge is 0.339 e. The van der Waals surface area contributed by atoms with Gasteiger partial charge in [0.25, 0.3) is 5.91 Å². The van der Waals surface area contributed by atoms with E-state index in [0.717, 1.165) is 11.1 Å². The third-order valence-corrected chi connectivity index (χ3v) is 4.13. The molecule has 1 aliphatic heterocycles. The molecule has 1 heterocycles. The van der Waals surface area contributed by atoms with Crippen LogP contribution in [-0.4, -0.2) is 24.6 Å². The lowest BCUT2D eigenvalue weighted by Crippen LogP contribution is -2.48. The van der Waals surface area contributed by atoms with E-state index in [1.807, 2.05) is 19.1 Å². The summed E-state index contributed by atoms with van der Waals surface area (Å²) in [6.07, 6.45) is 0.339. The summed E-state index contributed by atoms with van der Waals surface area (Å²) in [5, 5.41) is 2.80. The lowest BCUT2D eigenvalue weighted by Gasteiger charge is -2.33. The van der Waals surface area contributed by atoms with E-state index in [-0.39, 0.29) is 5.91 Å². The van der Waals surface area contributed by atoms with Gasteiger partial charge in [-0.25, -0.2) is 4.79 Å². The number of ether oxygens (including phenoxy) is 2. The maximum atomic E-state index is 12.7. The van der Waals surface area contributed by atoms with E-state index in [1.54, 1.807) is 44.4 Å². The second-order valence-corrected chi connectivity index (χ2v) is 6.14. The summed E-state index contributed by atoms with van der Waals surface area (Å²) in [7, 11) is 1.56. The van der Waals surface area contributed by atoms with Crippen LogP contribution in [-0.2, 0) is 16.0 Å². The van der Waals surface area contributed by atoms with E-state index in [1.165, 1.54) is 0 Å². The Bertz CT molecular complexity index is 815. The van der Waals surface area contributed by atoms with Crippen LogP contribution in [0.3, 0.4) is 0 Å². The minimum atomic E-state index is -1.25. The number of rotatable bonds is 3. The minimum absolute atomic E-state index is 0.339. The van der Waals surface area contributed by atoms with E-state index in [4.69, 9.17) is 9.47 Å². The topological polar surface area (TPSA) is 64.6 Å². The number of anilines is 1. The Morgan fingerprint density at radius 3 is 2.79 bits per heavy atom. The zero-order valence-corrected chi connectivity index (χ0v) is 13.9. The van der Waals surface area contributed by atoms with Crippen LogP contribution in [0.4, 0.5) is 5.69 Å². The van der Waals surface area contributed by atoms with E-state index in [2.05, 4.69) is 5.32 Å². The molecule has 0 bridgehead atoms. The highest BCUT2D eigenvalue weighted by Gasteiger charge is 2.42. The number of carbonyl (C=O) groups is 2. The first-order chi connectivity index (χ1) is 11.4. The van der Waals surface area contributed by atoms with Gasteiger partial charge in [-0.1, -0.05) is 23.8 Å². The fraction of sp³-hybridized carbons (Fsp3) is 0.263. The summed E-state index contributed by atoms with van der Waals surface area (Å²) in [4.78, 5) is 24.9. The van der Waals surface area contributed by atoms with Gasteiger partial charge in [0.05, 0.1) is 12.7 Å². The maximum Gasteiger partial charge on any atom is 0.339 e. The van der Waals surface area contributed by atoms with Crippen LogP contribution in [0.15, 0.2) is 42.5 Å². The molecule has 1 amide bonds. The van der Waals surface area contributed by atoms with Crippen LogP contribution in [0.5, 0.6) is 5.75 Å². The lowest BCUT2D eigenvalue weighted by molar-refractivity contribution is -0.134. The number of methoxy groups -OCH3 is 1. The number of carbonyl (C=O) groups excluding carboxylic acids is 2. The van der Waals surface area contributed by atoms with Crippen LogP contribution >= 0.6 is 0 Å². The van der Waals surface area contributed by atoms with Gasteiger partial charge in [-0.15, -0.1) is 0 Å². The number of benzene rings is 2. The average molecular weight is 325 g/mol. The molecule has 1 N–H and O–H groups in total. The van der Waals surface area contributed by atoms with Gasteiger partial charge in [0.15, 0.2) is 5.60 Å². The largest absolute Gasteiger partial charge is 0.497 e. The van der Waals surface area contributed by atoms with Gasteiger partial charge in [0.2, 0.25) is 0 Å². The molecule has 0 spiro atoms. The Morgan fingerprint density at radius 2 is 2.04 bits per heavy atom. The number of hydrogen-bond acceptors (Lipinski definition) is 4. The molecule has 0 saturated carbocycles. The summed E-state index contributed by atoms with van der Waals surface area (Å²) in [5.41, 5.74) is 1.73. The summed E-state index contributed by atoms with van der Waals surface area (Å²) in [6, 6.07) is 12.6. The average Bonchev–Trinajstić information content (AvgIpc) is 2.54. The highest BCUT2D eigenvalue weighted by Crippen LogP contribution is 2.30. The summed E-state index contributed by atoms with van der Waals surface area (Å²) in [6.45, 7) is 3.58. The second-order valence-electron chi connectivity index (χ2n) is 6.14. The third kappa shape index (κ3) is 2.97. The number of cyclic esters (lactones) is 1. The Balaban J connectivity index is 1.85. The molecule has 124 valence electrons. The Kier molecular flexibility index (Phi) is 4.01. The normalized spacial score (nSPS) is 19.2. The molecular formula is C19H19NO4. The first kappa shape index (κ1) is 16.1. The SMILES string of the molecule is COc1cccc(NC(=O)C2(C)Cc3cc(C)ccc3C(=O)O2)c1. The highest BCUT2D eigenvalue weighted by molar-refractivity contribution is 6.02. The number of nitrogens with one attached hydrogen (secondary N) is 1. The van der Waals surface area contributed by atoms with Crippen molar-refractivity contribution in [2.45, 2.75) is 25.9 Å². The highest BCUT2D eigenvalue weighted by atomic mass is 16.6. The van der Waals surface area contributed by atoms with E-state index in [9.17, 15) is 9.59 Å². The quantitative estimate of drug-likeness (QED) is 0.881. The lowest BCUT2D eigenvalue weighted by atomic mass is 9.88. The molecule has 2 aromatic carbocycles. The van der Waals surface area contributed by atoms with E-state index in [0.29, 0.717) is 23.4 Å². The van der Waals surface area contributed by atoms with Gasteiger partial charge >= 0.3 is 5.97 Å². The molecule has 1 aliphatic rings. The van der Waals surface area contributed by atoms with Crippen molar-refractivity contribution in [3.8, 4) is 5.75 Å². The second kappa shape index (κ2) is 6.00. The maximum absolute atomic E-state index is 12.7. The van der Waals surface area contributed by atoms with Crippen LogP contribution < -0.4 is 10.1 Å². The van der Waals surface area contributed by atoms with Crippen molar-refractivity contribution in [2.75, 3.05) is 12.4 Å². The van der Waals surface area contributed by atoms with E-state index >= 15 is 0 Å². The van der Waals surface area contributed by atoms with Gasteiger partial charge < -0.3 is 14.8 Å². The predicted molar refractivity (Wildman–Crippen MR) is 90.3 cm³/mol. The summed E-state index contributed by atoms with van der Waals surface area (Å²) in [5.74, 6) is -0.199. The van der Waals surface area contributed by atoms with Crippen molar-refractivity contribution >= 4 is 17.6 Å². The van der Waals surface area contributed by atoms with Gasteiger partial charge in [-0.2, -0.15) is 0 Å². The molecule has 0 aromatic heterocycles. The van der Waals surface area contributed by atoms with Gasteiger partial charge in [0, 0.05) is 18.2 Å². The number of fused-ring (bicyclic) bond motifs is 1. The molecule has 0 radical (unpaired) electrons. The Hall–Kier alpha value is -2.82. The van der Waals surface area contributed by atoms with E-state index < -0.39 is 11.6 Å². The van der Waals surface area contributed by atoms with Crippen LogP contribution in [0.25, 0.3) is 0 Å². The fourth-order valence-electron chi connectivity index (χ4n) is 2.82. The predicted octanol–water partition coefficient (Wildman–Crippen LogP) is 3.11. The van der Waals surface area contributed by atoms with Crippen LogP contribution in [0.1, 0.15) is 28.4 Å². The molecule has 5 nitrogen and oxygen atoms in total. The van der Waals surface area contributed by atoms with Crippen molar-refractivity contribution in [1.29, 1.82) is 0 Å². The number of aryl methyl sites for hydroxylation is 1. The van der Waals surface area contributed by atoms with Crippen molar-refractivity contribution in [1.82, 2.24) is 0 Å². The third-order valence-electron chi connectivity index (χ3n) is 4.13. The Morgan fingerprint density at radius 1 is 1.25 bits per heavy atom. The molecule has 0 fully saturated rings. The molecule has 3 rings (SSSR count). The molecule has 1 unspecified atom stereocenters. The molecule has 0 saturated heterocycles. The number of amides is 1. The zero-order valence-electron chi connectivity index (χ0n) is 13.9. The standard InChI is InChI=1S/C19H19NO4/c1-12-7-8-16-13(9-12)11-19(2,24-17(16)21)18(22)20-14-5-4-6-15(10-14)23-3/h4-10H,11H2,1-3H3,(H,20,22). The first-order valence-electron chi connectivity index (χ1n) is 7.70. The minimum Gasteiger partial charge on any atom is -0.497 e. The van der Waals surface area contributed by atoms with Gasteiger partial charge in [0.1, 0.15) is 5.75 Å². The van der Waals surface area contributed by atoms with Crippen molar-refractivity contribution in [3.05, 3.63) is 59.2 Å². The molecule has 0 aliphatic carbocycles. The monoisotopic (exact) mass is 325 g/mol. The van der Waals surface area contributed by atoms with Crippen LogP contribution in [0, 0.1) is 6.92 Å². The van der Waals surface area contributed by atoms with Gasteiger partial charge in [-0.05, 0) is 37.6 Å². The number of hydrogen-bond donors (Lipinski definition) is 1. The Labute approximate surface area is 140 Å². The van der Waals surface area contributed by atoms with Crippen molar-refractivity contribution in [3.63, 3.8) is 0 Å². The first-order valence-corrected chi connectivity index (χ1v) is 7.70. The van der Waals surface area contributed by atoms with Crippen molar-refractivity contribution < 1.29 is 19.1 Å². The molecular weight excluding hydrogens is 306 g/mol. The molecule has 1 atom stereocenters. The van der Waals surface area contributed by atoms with Crippen LogP contribution in [0.2, 0.25) is 0 Å². The summed E-state index contributed by atoms with van der Waals surface area (Å²) >= 11 is 0. The summed E-state index contributed by atoms with van der Waals surface area (Å²) < 4.78 is 10.6. The zero-order chi connectivity index (χ0) is 17.3. The molecule has 24 heavy (non-hydrogen) atoms. The number of esters is 1. The molecule has 5 heteroatoms. The van der Waals surface area contributed by atoms with Crippen molar-refractivity contribution in [2.24, 2.45) is 0 Å².